The lowest BCUT2D eigenvalue weighted by Crippen LogP contribution is -2.12. The van der Waals surface area contributed by atoms with Gasteiger partial charge < -0.3 is 10.1 Å². The lowest BCUT2D eigenvalue weighted by Gasteiger charge is -2.12. The molecule has 0 aliphatic rings. The molecule has 5 nitrogen and oxygen atoms in total. The summed E-state index contributed by atoms with van der Waals surface area (Å²) in [4.78, 5) is 13.2. The third-order valence-electron chi connectivity index (χ3n) is 2.88. The molecule has 0 aliphatic carbocycles. The van der Waals surface area contributed by atoms with Gasteiger partial charge in [0.2, 0.25) is 5.95 Å². The van der Waals surface area contributed by atoms with E-state index < -0.39 is 0 Å². The first-order valence-corrected chi connectivity index (χ1v) is 7.32. The highest BCUT2D eigenvalue weighted by Gasteiger charge is 2.11. The molecule has 0 saturated carbocycles. The van der Waals surface area contributed by atoms with Gasteiger partial charge in [-0.25, -0.2) is 0 Å². The molecule has 0 fully saturated rings. The van der Waals surface area contributed by atoms with Crippen LogP contribution in [0.5, 0.6) is 6.01 Å². The number of benzene rings is 1. The number of hydrogen-bond acceptors (Lipinski definition) is 5. The minimum atomic E-state index is 0.0242. The van der Waals surface area contributed by atoms with Gasteiger partial charge in [-0.1, -0.05) is 31.2 Å². The number of hydrogen-bond donors (Lipinski definition) is 1. The first-order chi connectivity index (χ1) is 10.1. The fourth-order valence-corrected chi connectivity index (χ4v) is 1.88. The van der Waals surface area contributed by atoms with Crippen molar-refractivity contribution in [3.05, 3.63) is 29.8 Å². The van der Waals surface area contributed by atoms with Crippen molar-refractivity contribution in [3.8, 4) is 17.4 Å². The molecule has 0 spiro atoms. The molecule has 0 aliphatic heterocycles. The van der Waals surface area contributed by atoms with Crippen molar-refractivity contribution >= 4 is 5.95 Å². The molecule has 2 rings (SSSR count). The maximum absolute atomic E-state index is 5.63. The van der Waals surface area contributed by atoms with Crippen LogP contribution in [0.4, 0.5) is 5.95 Å². The summed E-state index contributed by atoms with van der Waals surface area (Å²) in [5.41, 5.74) is 2.12. The van der Waals surface area contributed by atoms with Gasteiger partial charge in [-0.3, -0.25) is 0 Å². The molecule has 0 amide bonds. The molecule has 1 N–H and O–H groups in total. The zero-order valence-corrected chi connectivity index (χ0v) is 13.1. The number of rotatable bonds is 6. The summed E-state index contributed by atoms with van der Waals surface area (Å²) < 4.78 is 5.63. The second kappa shape index (κ2) is 7.02. The molecule has 5 heteroatoms. The van der Waals surface area contributed by atoms with E-state index in [0.717, 1.165) is 24.1 Å². The van der Waals surface area contributed by atoms with Crippen LogP contribution in [0.3, 0.4) is 0 Å². The van der Waals surface area contributed by atoms with Crippen LogP contribution in [-0.4, -0.2) is 27.6 Å². The predicted molar refractivity (Wildman–Crippen MR) is 84.5 cm³/mol. The Balaban J connectivity index is 2.41. The molecule has 0 radical (unpaired) electrons. The topological polar surface area (TPSA) is 59.9 Å². The summed E-state index contributed by atoms with van der Waals surface area (Å²) in [6, 6.07) is 8.39. The summed E-state index contributed by atoms with van der Waals surface area (Å²) in [6.07, 6.45) is 1.03. The van der Waals surface area contributed by atoms with Crippen molar-refractivity contribution in [1.29, 1.82) is 0 Å². The minimum absolute atomic E-state index is 0.0242. The van der Waals surface area contributed by atoms with Crippen molar-refractivity contribution < 1.29 is 4.74 Å². The van der Waals surface area contributed by atoms with E-state index >= 15 is 0 Å². The van der Waals surface area contributed by atoms with Gasteiger partial charge in [0.1, 0.15) is 0 Å². The van der Waals surface area contributed by atoms with E-state index in [1.165, 1.54) is 0 Å². The summed E-state index contributed by atoms with van der Waals surface area (Å²) >= 11 is 0. The van der Waals surface area contributed by atoms with Crippen molar-refractivity contribution in [2.45, 2.75) is 40.2 Å². The first kappa shape index (κ1) is 15.2. The number of aryl methyl sites for hydroxylation is 1. The van der Waals surface area contributed by atoms with Gasteiger partial charge in [0.25, 0.3) is 0 Å². The Morgan fingerprint density at radius 1 is 1.14 bits per heavy atom. The standard InChI is InChI=1S/C16H22N4O/c1-5-10-17-15-18-14(13-9-7-6-8-12(13)4)19-16(20-15)21-11(2)3/h6-9,11H,5,10H2,1-4H3,(H,17,18,19,20). The van der Waals surface area contributed by atoms with E-state index in [1.807, 2.05) is 45.0 Å². The molecule has 0 unspecified atom stereocenters. The van der Waals surface area contributed by atoms with E-state index in [0.29, 0.717) is 17.8 Å². The van der Waals surface area contributed by atoms with E-state index in [4.69, 9.17) is 4.74 Å². The average molecular weight is 286 g/mol. The molecule has 0 saturated heterocycles. The second-order valence-corrected chi connectivity index (χ2v) is 5.17. The maximum Gasteiger partial charge on any atom is 0.322 e. The normalized spacial score (nSPS) is 10.7. The van der Waals surface area contributed by atoms with Crippen LogP contribution in [0.25, 0.3) is 11.4 Å². The molecule has 112 valence electrons. The molecule has 0 bridgehead atoms. The fraction of sp³-hybridized carbons (Fsp3) is 0.438. The van der Waals surface area contributed by atoms with E-state index in [1.54, 1.807) is 0 Å². The van der Waals surface area contributed by atoms with Gasteiger partial charge in [0, 0.05) is 12.1 Å². The van der Waals surface area contributed by atoms with E-state index in [9.17, 15) is 0 Å². The van der Waals surface area contributed by atoms with Gasteiger partial charge in [0.05, 0.1) is 6.10 Å². The number of aromatic nitrogens is 3. The Hall–Kier alpha value is -2.17. The molecular formula is C16H22N4O. The molecule has 1 heterocycles. The second-order valence-electron chi connectivity index (χ2n) is 5.17. The Kier molecular flexibility index (Phi) is 5.09. The van der Waals surface area contributed by atoms with Crippen LogP contribution in [-0.2, 0) is 0 Å². The van der Waals surface area contributed by atoms with Crippen molar-refractivity contribution in [2.75, 3.05) is 11.9 Å². The highest BCUT2D eigenvalue weighted by Crippen LogP contribution is 2.22. The van der Waals surface area contributed by atoms with Gasteiger partial charge in [-0.2, -0.15) is 15.0 Å². The van der Waals surface area contributed by atoms with Gasteiger partial charge in [0.15, 0.2) is 5.82 Å². The minimum Gasteiger partial charge on any atom is -0.461 e. The average Bonchev–Trinajstić information content (AvgIpc) is 2.44. The van der Waals surface area contributed by atoms with Crippen LogP contribution < -0.4 is 10.1 Å². The zero-order valence-electron chi connectivity index (χ0n) is 13.1. The number of ether oxygens (including phenoxy) is 1. The van der Waals surface area contributed by atoms with E-state index in [-0.39, 0.29) is 6.10 Å². The Bertz CT molecular complexity index is 599. The smallest absolute Gasteiger partial charge is 0.322 e. The summed E-state index contributed by atoms with van der Waals surface area (Å²) in [5, 5.41) is 3.20. The molecule has 1 aromatic heterocycles. The van der Waals surface area contributed by atoms with Gasteiger partial charge in [-0.15, -0.1) is 0 Å². The third kappa shape index (κ3) is 4.15. The lowest BCUT2D eigenvalue weighted by molar-refractivity contribution is 0.222. The van der Waals surface area contributed by atoms with E-state index in [2.05, 4.69) is 27.2 Å². The summed E-state index contributed by atoms with van der Waals surface area (Å²) in [5.74, 6) is 1.19. The van der Waals surface area contributed by atoms with Gasteiger partial charge >= 0.3 is 6.01 Å². The summed E-state index contributed by atoms with van der Waals surface area (Å²) in [6.45, 7) is 8.87. The van der Waals surface area contributed by atoms with Crippen LogP contribution in [0.2, 0.25) is 0 Å². The molecule has 2 aromatic rings. The summed E-state index contributed by atoms with van der Waals surface area (Å²) in [7, 11) is 0. The molecule has 21 heavy (non-hydrogen) atoms. The molecular weight excluding hydrogens is 264 g/mol. The molecule has 1 aromatic carbocycles. The predicted octanol–water partition coefficient (Wildman–Crippen LogP) is 3.46. The quantitative estimate of drug-likeness (QED) is 0.881. The first-order valence-electron chi connectivity index (χ1n) is 7.32. The SMILES string of the molecule is CCCNc1nc(OC(C)C)nc(-c2ccccc2C)n1. The third-order valence-corrected chi connectivity index (χ3v) is 2.88. The zero-order chi connectivity index (χ0) is 15.2. The Morgan fingerprint density at radius 3 is 2.57 bits per heavy atom. The number of anilines is 1. The lowest BCUT2D eigenvalue weighted by atomic mass is 10.1. The highest BCUT2D eigenvalue weighted by atomic mass is 16.5. The van der Waals surface area contributed by atoms with Crippen molar-refractivity contribution in [1.82, 2.24) is 15.0 Å². The highest BCUT2D eigenvalue weighted by molar-refractivity contribution is 5.60. The number of nitrogens with one attached hydrogen (secondary N) is 1. The Labute approximate surface area is 125 Å². The largest absolute Gasteiger partial charge is 0.461 e. The monoisotopic (exact) mass is 286 g/mol. The maximum atomic E-state index is 5.63. The van der Waals surface area contributed by atoms with Gasteiger partial charge in [-0.05, 0) is 32.8 Å². The van der Waals surface area contributed by atoms with Crippen molar-refractivity contribution in [2.24, 2.45) is 0 Å². The number of nitrogens with zero attached hydrogens (tertiary/aromatic N) is 3. The van der Waals surface area contributed by atoms with Crippen LogP contribution in [0, 0.1) is 6.92 Å². The molecule has 0 atom stereocenters. The van der Waals surface area contributed by atoms with Crippen LogP contribution in [0.15, 0.2) is 24.3 Å². The fourth-order valence-electron chi connectivity index (χ4n) is 1.88. The van der Waals surface area contributed by atoms with Crippen LogP contribution in [0.1, 0.15) is 32.8 Å². The van der Waals surface area contributed by atoms with Crippen LogP contribution >= 0.6 is 0 Å². The van der Waals surface area contributed by atoms with Crippen molar-refractivity contribution in [3.63, 3.8) is 0 Å². The Morgan fingerprint density at radius 2 is 1.90 bits per heavy atom.